The van der Waals surface area contributed by atoms with Gasteiger partial charge in [0.2, 0.25) is 0 Å². The molecule has 2 aromatic rings. The number of hydrogen-bond donors (Lipinski definition) is 2. The van der Waals surface area contributed by atoms with Crippen LogP contribution in [0.25, 0.3) is 0 Å². The summed E-state index contributed by atoms with van der Waals surface area (Å²) in [6.07, 6.45) is 1.77. The zero-order valence-electron chi connectivity index (χ0n) is 14.0. The van der Waals surface area contributed by atoms with Crippen LogP contribution in [0.5, 0.6) is 0 Å². The molecular weight excluding hydrogens is 425 g/mol. The molecule has 2 N–H and O–H groups in total. The predicted octanol–water partition coefficient (Wildman–Crippen LogP) is 2.62. The standard InChI is InChI=1S/C15H23N5OS.HI/c1-10-14(11(2)21-20-10)6-8-18-15(16-4)17-7-5-13-9-22-12(3)19-13;/h9H,5-8H2,1-4H3,(H2,16,17,18);1H. The zero-order chi connectivity index (χ0) is 15.9. The fourth-order valence-corrected chi connectivity index (χ4v) is 2.86. The number of nitrogens with zero attached hydrogens (tertiary/aromatic N) is 3. The molecule has 0 aliphatic heterocycles. The van der Waals surface area contributed by atoms with Crippen LogP contribution in [0, 0.1) is 20.8 Å². The molecule has 0 bridgehead atoms. The van der Waals surface area contributed by atoms with Gasteiger partial charge in [0, 0.05) is 37.5 Å². The fourth-order valence-electron chi connectivity index (χ4n) is 2.22. The number of hydrogen-bond acceptors (Lipinski definition) is 5. The van der Waals surface area contributed by atoms with Gasteiger partial charge in [-0.1, -0.05) is 5.16 Å². The van der Waals surface area contributed by atoms with E-state index in [0.29, 0.717) is 0 Å². The van der Waals surface area contributed by atoms with E-state index in [4.69, 9.17) is 4.52 Å². The van der Waals surface area contributed by atoms with Crippen LogP contribution in [-0.2, 0) is 12.8 Å². The average Bonchev–Trinajstić information content (AvgIpc) is 3.05. The number of aryl methyl sites for hydroxylation is 3. The van der Waals surface area contributed by atoms with E-state index >= 15 is 0 Å². The summed E-state index contributed by atoms with van der Waals surface area (Å²) in [5.41, 5.74) is 3.25. The van der Waals surface area contributed by atoms with Crippen molar-refractivity contribution in [1.29, 1.82) is 0 Å². The van der Waals surface area contributed by atoms with Gasteiger partial charge in [0.1, 0.15) is 5.76 Å². The molecule has 0 amide bonds. The Kier molecular flexibility index (Phi) is 8.53. The first kappa shape index (κ1) is 19.9. The Morgan fingerprint density at radius 1 is 1.22 bits per heavy atom. The van der Waals surface area contributed by atoms with E-state index in [1.54, 1.807) is 18.4 Å². The number of halogens is 1. The molecule has 8 heteroatoms. The van der Waals surface area contributed by atoms with Crippen LogP contribution in [0.3, 0.4) is 0 Å². The van der Waals surface area contributed by atoms with E-state index in [2.05, 4.69) is 31.1 Å². The van der Waals surface area contributed by atoms with Gasteiger partial charge in [0.25, 0.3) is 0 Å². The van der Waals surface area contributed by atoms with Crippen LogP contribution in [0.15, 0.2) is 14.9 Å². The summed E-state index contributed by atoms with van der Waals surface area (Å²) in [5, 5.41) is 13.8. The summed E-state index contributed by atoms with van der Waals surface area (Å²) in [6.45, 7) is 7.54. The molecule has 0 spiro atoms. The van der Waals surface area contributed by atoms with Crippen molar-refractivity contribution in [3.05, 3.63) is 33.1 Å². The first-order valence-electron chi connectivity index (χ1n) is 7.37. The molecule has 0 aliphatic carbocycles. The van der Waals surface area contributed by atoms with Gasteiger partial charge in [0.05, 0.1) is 16.4 Å². The maximum absolute atomic E-state index is 5.17. The first-order valence-corrected chi connectivity index (χ1v) is 8.25. The topological polar surface area (TPSA) is 75.3 Å². The molecule has 0 radical (unpaired) electrons. The van der Waals surface area contributed by atoms with Crippen molar-refractivity contribution in [2.75, 3.05) is 20.1 Å². The van der Waals surface area contributed by atoms with Crippen molar-refractivity contribution in [1.82, 2.24) is 20.8 Å². The SMILES string of the molecule is CN=C(NCCc1csc(C)n1)NCCc1c(C)noc1C.I. The number of thiazole rings is 1. The summed E-state index contributed by atoms with van der Waals surface area (Å²) in [7, 11) is 1.78. The van der Waals surface area contributed by atoms with E-state index in [1.807, 2.05) is 20.8 Å². The van der Waals surface area contributed by atoms with Crippen LogP contribution in [-0.4, -0.2) is 36.2 Å². The third kappa shape index (κ3) is 6.09. The van der Waals surface area contributed by atoms with Gasteiger partial charge in [-0.2, -0.15) is 0 Å². The number of rotatable bonds is 6. The van der Waals surface area contributed by atoms with Crippen molar-refractivity contribution in [2.24, 2.45) is 4.99 Å². The Labute approximate surface area is 158 Å². The number of nitrogens with one attached hydrogen (secondary N) is 2. The van der Waals surface area contributed by atoms with E-state index in [-0.39, 0.29) is 24.0 Å². The van der Waals surface area contributed by atoms with Gasteiger partial charge >= 0.3 is 0 Å². The summed E-state index contributed by atoms with van der Waals surface area (Å²) in [6, 6.07) is 0. The van der Waals surface area contributed by atoms with Crippen LogP contribution in [0.1, 0.15) is 27.7 Å². The third-order valence-corrected chi connectivity index (χ3v) is 4.23. The third-order valence-electron chi connectivity index (χ3n) is 3.41. The summed E-state index contributed by atoms with van der Waals surface area (Å²) < 4.78 is 5.17. The molecule has 0 atom stereocenters. The minimum Gasteiger partial charge on any atom is -0.361 e. The molecular formula is C15H24IN5OS. The smallest absolute Gasteiger partial charge is 0.190 e. The first-order chi connectivity index (χ1) is 10.6. The van der Waals surface area contributed by atoms with Gasteiger partial charge in [0.15, 0.2) is 5.96 Å². The van der Waals surface area contributed by atoms with Crippen LogP contribution < -0.4 is 10.6 Å². The maximum Gasteiger partial charge on any atom is 0.190 e. The Morgan fingerprint density at radius 3 is 2.43 bits per heavy atom. The highest BCUT2D eigenvalue weighted by Gasteiger charge is 2.08. The minimum atomic E-state index is 0. The molecule has 0 fully saturated rings. The summed E-state index contributed by atoms with van der Waals surface area (Å²) in [4.78, 5) is 8.68. The average molecular weight is 449 g/mol. The second-order valence-corrected chi connectivity index (χ2v) is 6.15. The molecule has 2 aromatic heterocycles. The number of aliphatic imine (C=N–C) groups is 1. The van der Waals surface area contributed by atoms with E-state index in [9.17, 15) is 0 Å². The Bertz CT molecular complexity index is 618. The molecule has 23 heavy (non-hydrogen) atoms. The van der Waals surface area contributed by atoms with E-state index in [1.165, 1.54) is 5.56 Å². The van der Waals surface area contributed by atoms with Crippen LogP contribution in [0.2, 0.25) is 0 Å². The second-order valence-electron chi connectivity index (χ2n) is 5.09. The van der Waals surface area contributed by atoms with Gasteiger partial charge in [-0.25, -0.2) is 4.98 Å². The van der Waals surface area contributed by atoms with Crippen molar-refractivity contribution in [3.8, 4) is 0 Å². The highest BCUT2D eigenvalue weighted by atomic mass is 127. The lowest BCUT2D eigenvalue weighted by atomic mass is 10.1. The van der Waals surface area contributed by atoms with Gasteiger partial charge in [-0.3, -0.25) is 4.99 Å². The van der Waals surface area contributed by atoms with E-state index < -0.39 is 0 Å². The molecule has 128 valence electrons. The Morgan fingerprint density at radius 2 is 1.91 bits per heavy atom. The zero-order valence-corrected chi connectivity index (χ0v) is 17.1. The number of aromatic nitrogens is 2. The lowest BCUT2D eigenvalue weighted by Gasteiger charge is -2.11. The molecule has 2 rings (SSSR count). The second kappa shape index (κ2) is 9.86. The highest BCUT2D eigenvalue weighted by molar-refractivity contribution is 14.0. The molecule has 0 saturated carbocycles. The predicted molar refractivity (Wildman–Crippen MR) is 105 cm³/mol. The number of guanidine groups is 1. The molecule has 0 aliphatic rings. The molecule has 0 aromatic carbocycles. The van der Waals surface area contributed by atoms with Crippen molar-refractivity contribution in [2.45, 2.75) is 33.6 Å². The van der Waals surface area contributed by atoms with Crippen molar-refractivity contribution in [3.63, 3.8) is 0 Å². The van der Waals surface area contributed by atoms with Gasteiger partial charge < -0.3 is 15.2 Å². The van der Waals surface area contributed by atoms with Gasteiger partial charge in [-0.05, 0) is 27.2 Å². The Hall–Kier alpha value is -1.16. The lowest BCUT2D eigenvalue weighted by molar-refractivity contribution is 0.392. The summed E-state index contributed by atoms with van der Waals surface area (Å²) >= 11 is 1.68. The van der Waals surface area contributed by atoms with Crippen molar-refractivity contribution < 1.29 is 4.52 Å². The molecule has 0 unspecified atom stereocenters. The fraction of sp³-hybridized carbons (Fsp3) is 0.533. The van der Waals surface area contributed by atoms with Gasteiger partial charge in [-0.15, -0.1) is 35.3 Å². The molecule has 0 saturated heterocycles. The molecule has 2 heterocycles. The summed E-state index contributed by atoms with van der Waals surface area (Å²) in [5.74, 6) is 1.69. The monoisotopic (exact) mass is 449 g/mol. The Balaban J connectivity index is 0.00000264. The maximum atomic E-state index is 5.17. The largest absolute Gasteiger partial charge is 0.361 e. The quantitative estimate of drug-likeness (QED) is 0.403. The minimum absolute atomic E-state index is 0. The van der Waals surface area contributed by atoms with E-state index in [0.717, 1.165) is 54.0 Å². The van der Waals surface area contributed by atoms with Crippen LogP contribution in [0.4, 0.5) is 0 Å². The normalized spacial score (nSPS) is 11.2. The molecule has 6 nitrogen and oxygen atoms in total. The highest BCUT2D eigenvalue weighted by Crippen LogP contribution is 2.12. The lowest BCUT2D eigenvalue weighted by Crippen LogP contribution is -2.39. The van der Waals surface area contributed by atoms with Crippen LogP contribution >= 0.6 is 35.3 Å². The van der Waals surface area contributed by atoms with Crippen molar-refractivity contribution >= 4 is 41.3 Å².